The molecule has 0 aromatic heterocycles. The van der Waals surface area contributed by atoms with E-state index in [1.54, 1.807) is 0 Å². The fourth-order valence-corrected chi connectivity index (χ4v) is 3.68. The van der Waals surface area contributed by atoms with E-state index in [-0.39, 0.29) is 11.9 Å². The van der Waals surface area contributed by atoms with Crippen LogP contribution in [0.2, 0.25) is 0 Å². The SMILES string of the molecule is NC1CC2(CCC(C(=O)OCc3ccccc3)C2)C1. The molecule has 2 aliphatic carbocycles. The van der Waals surface area contributed by atoms with Crippen LogP contribution in [0.15, 0.2) is 30.3 Å². The van der Waals surface area contributed by atoms with Crippen LogP contribution in [0.4, 0.5) is 0 Å². The molecule has 3 rings (SSSR count). The smallest absolute Gasteiger partial charge is 0.309 e. The van der Waals surface area contributed by atoms with Gasteiger partial charge in [0.2, 0.25) is 0 Å². The molecule has 1 unspecified atom stereocenters. The highest BCUT2D eigenvalue weighted by Gasteiger charge is 2.49. The first-order valence-electron chi connectivity index (χ1n) is 7.13. The maximum Gasteiger partial charge on any atom is 0.309 e. The predicted octanol–water partition coefficient (Wildman–Crippen LogP) is 2.64. The van der Waals surface area contributed by atoms with Crippen LogP contribution in [0.1, 0.15) is 37.7 Å². The monoisotopic (exact) mass is 259 g/mol. The second kappa shape index (κ2) is 4.97. The van der Waals surface area contributed by atoms with E-state index < -0.39 is 0 Å². The minimum absolute atomic E-state index is 0.0267. The van der Waals surface area contributed by atoms with Gasteiger partial charge in [0.1, 0.15) is 6.61 Å². The molecule has 0 radical (unpaired) electrons. The Labute approximate surface area is 114 Å². The molecule has 1 atom stereocenters. The second-order valence-corrected chi connectivity index (χ2v) is 6.20. The normalized spacial score (nSPS) is 33.1. The van der Waals surface area contributed by atoms with Crippen LogP contribution < -0.4 is 5.73 Å². The summed E-state index contributed by atoms with van der Waals surface area (Å²) in [4.78, 5) is 12.1. The Morgan fingerprint density at radius 1 is 1.26 bits per heavy atom. The number of ether oxygens (including phenoxy) is 1. The number of hydrogen-bond acceptors (Lipinski definition) is 3. The lowest BCUT2D eigenvalue weighted by atomic mass is 9.64. The Bertz CT molecular complexity index is 451. The predicted molar refractivity (Wildman–Crippen MR) is 73.2 cm³/mol. The maximum absolute atomic E-state index is 12.1. The summed E-state index contributed by atoms with van der Waals surface area (Å²) in [5, 5.41) is 0. The molecular weight excluding hydrogens is 238 g/mol. The van der Waals surface area contributed by atoms with Gasteiger partial charge < -0.3 is 10.5 Å². The van der Waals surface area contributed by atoms with Crippen LogP contribution in [0.3, 0.4) is 0 Å². The van der Waals surface area contributed by atoms with Crippen molar-refractivity contribution in [2.75, 3.05) is 0 Å². The molecule has 0 amide bonds. The van der Waals surface area contributed by atoms with Gasteiger partial charge in [-0.3, -0.25) is 4.79 Å². The number of benzene rings is 1. The van der Waals surface area contributed by atoms with Crippen molar-refractivity contribution in [3.8, 4) is 0 Å². The molecule has 0 saturated heterocycles. The quantitative estimate of drug-likeness (QED) is 0.849. The maximum atomic E-state index is 12.1. The lowest BCUT2D eigenvalue weighted by Gasteiger charge is -2.43. The van der Waals surface area contributed by atoms with Gasteiger partial charge in [0, 0.05) is 6.04 Å². The number of carbonyl (C=O) groups is 1. The highest BCUT2D eigenvalue weighted by Crippen LogP contribution is 2.54. The van der Waals surface area contributed by atoms with E-state index in [0.29, 0.717) is 18.1 Å². The van der Waals surface area contributed by atoms with Crippen molar-refractivity contribution in [1.82, 2.24) is 0 Å². The summed E-state index contributed by atoms with van der Waals surface area (Å²) in [6, 6.07) is 10.2. The largest absolute Gasteiger partial charge is 0.461 e. The zero-order chi connectivity index (χ0) is 13.3. The fraction of sp³-hybridized carbons (Fsp3) is 0.562. The summed E-state index contributed by atoms with van der Waals surface area (Å²) in [5.74, 6) is 0.0670. The second-order valence-electron chi connectivity index (χ2n) is 6.20. The van der Waals surface area contributed by atoms with Gasteiger partial charge in [-0.15, -0.1) is 0 Å². The Morgan fingerprint density at radius 3 is 2.68 bits per heavy atom. The van der Waals surface area contributed by atoms with Gasteiger partial charge in [-0.25, -0.2) is 0 Å². The first kappa shape index (κ1) is 12.7. The van der Waals surface area contributed by atoms with Gasteiger partial charge in [0.15, 0.2) is 0 Å². The van der Waals surface area contributed by atoms with Gasteiger partial charge in [0.25, 0.3) is 0 Å². The Balaban J connectivity index is 1.49. The van der Waals surface area contributed by atoms with E-state index in [9.17, 15) is 4.79 Å². The van der Waals surface area contributed by atoms with Crippen LogP contribution >= 0.6 is 0 Å². The van der Waals surface area contributed by atoms with Crippen LogP contribution in [-0.2, 0) is 16.1 Å². The number of nitrogens with two attached hydrogens (primary N) is 1. The van der Waals surface area contributed by atoms with Crippen molar-refractivity contribution in [3.05, 3.63) is 35.9 Å². The minimum Gasteiger partial charge on any atom is -0.461 e. The zero-order valence-electron chi connectivity index (χ0n) is 11.2. The number of hydrogen-bond donors (Lipinski definition) is 1. The first-order valence-corrected chi connectivity index (χ1v) is 7.13. The van der Waals surface area contributed by atoms with E-state index in [1.807, 2.05) is 30.3 Å². The van der Waals surface area contributed by atoms with Gasteiger partial charge in [-0.2, -0.15) is 0 Å². The highest BCUT2D eigenvalue weighted by molar-refractivity contribution is 5.73. The standard InChI is InChI=1S/C16H21NO2/c17-14-9-16(10-14)7-6-13(8-16)15(18)19-11-12-4-2-1-3-5-12/h1-5,13-14H,6-11,17H2. The van der Waals surface area contributed by atoms with Gasteiger partial charge in [-0.05, 0) is 43.1 Å². The summed E-state index contributed by atoms with van der Waals surface area (Å²) in [7, 11) is 0. The summed E-state index contributed by atoms with van der Waals surface area (Å²) in [5.41, 5.74) is 7.29. The van der Waals surface area contributed by atoms with Gasteiger partial charge >= 0.3 is 5.97 Å². The highest BCUT2D eigenvalue weighted by atomic mass is 16.5. The Kier molecular flexibility index (Phi) is 3.31. The van der Waals surface area contributed by atoms with Crippen LogP contribution in [0, 0.1) is 11.3 Å². The molecular formula is C16H21NO2. The van der Waals surface area contributed by atoms with E-state index in [0.717, 1.165) is 37.7 Å². The summed E-state index contributed by atoms with van der Waals surface area (Å²) in [6.07, 6.45) is 5.28. The summed E-state index contributed by atoms with van der Waals surface area (Å²) < 4.78 is 5.43. The molecule has 1 spiro atoms. The first-order chi connectivity index (χ1) is 9.17. The van der Waals surface area contributed by atoms with Crippen molar-refractivity contribution in [1.29, 1.82) is 0 Å². The van der Waals surface area contributed by atoms with Crippen LogP contribution in [-0.4, -0.2) is 12.0 Å². The van der Waals surface area contributed by atoms with Crippen molar-refractivity contribution in [2.45, 2.75) is 44.8 Å². The van der Waals surface area contributed by atoms with E-state index in [1.165, 1.54) is 0 Å². The van der Waals surface area contributed by atoms with Crippen LogP contribution in [0.25, 0.3) is 0 Å². The van der Waals surface area contributed by atoms with Crippen LogP contribution in [0.5, 0.6) is 0 Å². The topological polar surface area (TPSA) is 52.3 Å². The van der Waals surface area contributed by atoms with Gasteiger partial charge in [0.05, 0.1) is 5.92 Å². The number of esters is 1. The van der Waals surface area contributed by atoms with E-state index >= 15 is 0 Å². The molecule has 0 heterocycles. The molecule has 102 valence electrons. The molecule has 3 nitrogen and oxygen atoms in total. The molecule has 2 saturated carbocycles. The van der Waals surface area contributed by atoms with E-state index in [4.69, 9.17) is 10.5 Å². The Hall–Kier alpha value is -1.35. The van der Waals surface area contributed by atoms with Crippen molar-refractivity contribution < 1.29 is 9.53 Å². The van der Waals surface area contributed by atoms with Gasteiger partial charge in [-0.1, -0.05) is 30.3 Å². The lowest BCUT2D eigenvalue weighted by Crippen LogP contribution is -2.44. The lowest BCUT2D eigenvalue weighted by molar-refractivity contribution is -0.150. The summed E-state index contributed by atoms with van der Waals surface area (Å²) >= 11 is 0. The average molecular weight is 259 g/mol. The molecule has 2 N–H and O–H groups in total. The summed E-state index contributed by atoms with van der Waals surface area (Å²) in [6.45, 7) is 0.392. The molecule has 0 aliphatic heterocycles. The fourth-order valence-electron chi connectivity index (χ4n) is 3.68. The van der Waals surface area contributed by atoms with Crippen molar-refractivity contribution in [3.63, 3.8) is 0 Å². The third-order valence-corrected chi connectivity index (χ3v) is 4.65. The van der Waals surface area contributed by atoms with E-state index in [2.05, 4.69) is 0 Å². The Morgan fingerprint density at radius 2 is 2.00 bits per heavy atom. The molecule has 0 bridgehead atoms. The number of carbonyl (C=O) groups excluding carboxylic acids is 1. The minimum atomic E-state index is -0.0267. The molecule has 19 heavy (non-hydrogen) atoms. The third-order valence-electron chi connectivity index (χ3n) is 4.65. The molecule has 2 fully saturated rings. The average Bonchev–Trinajstić information content (AvgIpc) is 2.82. The molecule has 1 aromatic carbocycles. The molecule has 2 aliphatic rings. The number of rotatable bonds is 3. The molecule has 3 heteroatoms. The van der Waals surface area contributed by atoms with Crippen molar-refractivity contribution in [2.24, 2.45) is 17.1 Å². The third kappa shape index (κ3) is 2.66. The molecule has 1 aromatic rings. The van der Waals surface area contributed by atoms with Crippen molar-refractivity contribution >= 4 is 5.97 Å². The zero-order valence-corrected chi connectivity index (χ0v) is 11.2.